The summed E-state index contributed by atoms with van der Waals surface area (Å²) in [5, 5.41) is 3.39. The molecule has 1 aliphatic heterocycles. The molecule has 3 unspecified atom stereocenters. The van der Waals surface area contributed by atoms with Crippen LogP contribution in [0.15, 0.2) is 0 Å². The van der Waals surface area contributed by atoms with Gasteiger partial charge >= 0.3 is 11.9 Å². The van der Waals surface area contributed by atoms with Crippen molar-refractivity contribution in [3.05, 3.63) is 0 Å². The van der Waals surface area contributed by atoms with Gasteiger partial charge in [-0.15, -0.1) is 0 Å². The molecule has 158 valence electrons. The van der Waals surface area contributed by atoms with Gasteiger partial charge in [0, 0.05) is 12.3 Å². The first kappa shape index (κ1) is 20.9. The lowest BCUT2D eigenvalue weighted by molar-refractivity contribution is -0.220. The van der Waals surface area contributed by atoms with Crippen molar-refractivity contribution in [1.29, 1.82) is 0 Å². The molecule has 0 amide bonds. The third kappa shape index (κ3) is 3.84. The predicted octanol–water partition coefficient (Wildman–Crippen LogP) is 4.01. The van der Waals surface area contributed by atoms with E-state index in [1.807, 2.05) is 6.92 Å². The van der Waals surface area contributed by atoms with E-state index in [1.165, 1.54) is 6.42 Å². The first-order valence-corrected chi connectivity index (χ1v) is 12.2. The zero-order valence-electron chi connectivity index (χ0n) is 17.4. The molecule has 1 N–H and O–H groups in total. The highest BCUT2D eigenvalue weighted by molar-refractivity contribution is 14.1. The highest BCUT2D eigenvalue weighted by Gasteiger charge is 2.63. The number of halogens is 1. The monoisotopic (exact) mass is 503 g/mol. The molecule has 6 heteroatoms. The fourth-order valence-corrected chi connectivity index (χ4v) is 6.91. The lowest BCUT2D eigenvalue weighted by Gasteiger charge is -2.60. The van der Waals surface area contributed by atoms with E-state index in [0.717, 1.165) is 51.6 Å². The molecule has 0 spiro atoms. The van der Waals surface area contributed by atoms with Crippen LogP contribution >= 0.6 is 22.6 Å². The van der Waals surface area contributed by atoms with Crippen molar-refractivity contribution in [3.8, 4) is 0 Å². The van der Waals surface area contributed by atoms with Crippen LogP contribution in [-0.2, 0) is 19.1 Å². The van der Waals surface area contributed by atoms with Crippen molar-refractivity contribution in [2.24, 2.45) is 23.2 Å². The van der Waals surface area contributed by atoms with E-state index in [1.54, 1.807) is 0 Å². The first-order chi connectivity index (χ1) is 13.1. The zero-order chi connectivity index (χ0) is 20.2. The molecular weight excluding hydrogens is 469 g/mol. The smallest absolute Gasteiger partial charge is 0.319 e. The van der Waals surface area contributed by atoms with Gasteiger partial charge in [0.2, 0.25) is 0 Å². The molecule has 1 saturated heterocycles. The predicted molar refractivity (Wildman–Crippen MR) is 115 cm³/mol. The van der Waals surface area contributed by atoms with Crippen molar-refractivity contribution in [2.45, 2.75) is 87.3 Å². The number of esters is 2. The Hall–Kier alpha value is -0.370. The molecule has 5 rings (SSSR count). The summed E-state index contributed by atoms with van der Waals surface area (Å²) in [6, 6.07) is 0. The Morgan fingerprint density at radius 2 is 1.71 bits per heavy atom. The van der Waals surface area contributed by atoms with Crippen LogP contribution in [0.1, 0.15) is 72.1 Å². The topological polar surface area (TPSA) is 64.6 Å². The van der Waals surface area contributed by atoms with Crippen LogP contribution in [0.5, 0.6) is 0 Å². The van der Waals surface area contributed by atoms with Crippen LogP contribution in [0.3, 0.4) is 0 Å². The summed E-state index contributed by atoms with van der Waals surface area (Å²) in [4.78, 5) is 25.9. The number of carbonyl (C=O) groups is 2. The minimum Gasteiger partial charge on any atom is -0.459 e. The molecule has 1 heterocycles. The summed E-state index contributed by atoms with van der Waals surface area (Å²) in [5.41, 5.74) is -1.34. The third-order valence-electron chi connectivity index (χ3n) is 7.76. The van der Waals surface area contributed by atoms with Gasteiger partial charge in [-0.25, -0.2) is 0 Å². The minimum absolute atomic E-state index is 0.0342. The van der Waals surface area contributed by atoms with E-state index in [9.17, 15) is 9.59 Å². The summed E-state index contributed by atoms with van der Waals surface area (Å²) >= 11 is 2.12. The van der Waals surface area contributed by atoms with Crippen LogP contribution in [0.25, 0.3) is 0 Å². The van der Waals surface area contributed by atoms with E-state index in [0.29, 0.717) is 24.2 Å². The highest BCUT2D eigenvalue weighted by Crippen LogP contribution is 2.63. The maximum absolute atomic E-state index is 13.5. The second kappa shape index (κ2) is 7.40. The summed E-state index contributed by atoms with van der Waals surface area (Å²) in [7, 11) is 0. The van der Waals surface area contributed by atoms with Crippen molar-refractivity contribution < 1.29 is 19.1 Å². The maximum atomic E-state index is 13.5. The van der Waals surface area contributed by atoms with Crippen molar-refractivity contribution >= 4 is 34.5 Å². The first-order valence-electron chi connectivity index (χ1n) is 10.9. The fraction of sp³-hybridized carbons (Fsp3) is 0.909. The summed E-state index contributed by atoms with van der Waals surface area (Å²) in [6.45, 7) is 8.02. The van der Waals surface area contributed by atoms with E-state index in [-0.39, 0.29) is 15.9 Å². The molecule has 0 aromatic carbocycles. The molecule has 4 bridgehead atoms. The number of hydrogen-bond acceptors (Lipinski definition) is 5. The number of nitrogens with one attached hydrogen (secondary N) is 1. The van der Waals surface area contributed by atoms with Crippen molar-refractivity contribution in [3.63, 3.8) is 0 Å². The zero-order valence-corrected chi connectivity index (χ0v) is 19.5. The number of carbonyl (C=O) groups excluding carboxylic acids is 2. The lowest BCUT2D eigenvalue weighted by atomic mass is 9.48. The van der Waals surface area contributed by atoms with E-state index >= 15 is 0 Å². The molecular formula is C22H34INO4. The molecule has 5 aliphatic rings. The molecule has 28 heavy (non-hydrogen) atoms. The standard InChI is InChI=1S/C22H34INO4/c1-14(23)18(25)27-22-11-15-8-16(12-22)10-21(9-15,13-22)19(26)28-20(2,3)17-4-6-24-7-5-17/h14-17,24H,4-13H2,1-3H3. The fourth-order valence-electron chi connectivity index (χ4n) is 6.78. The van der Waals surface area contributed by atoms with Gasteiger partial charge in [0.25, 0.3) is 0 Å². The molecule has 5 nitrogen and oxygen atoms in total. The largest absolute Gasteiger partial charge is 0.459 e. The van der Waals surface area contributed by atoms with Crippen molar-refractivity contribution in [2.75, 3.05) is 13.1 Å². The van der Waals surface area contributed by atoms with Crippen LogP contribution in [0, 0.1) is 23.2 Å². The lowest BCUT2D eigenvalue weighted by Crippen LogP contribution is -2.61. The molecule has 0 aromatic heterocycles. The van der Waals surface area contributed by atoms with Gasteiger partial charge in [0.15, 0.2) is 0 Å². The van der Waals surface area contributed by atoms with Gasteiger partial charge in [-0.05, 0) is 90.6 Å². The third-order valence-corrected chi connectivity index (χ3v) is 8.27. The second-order valence-electron chi connectivity index (χ2n) is 10.5. The van der Waals surface area contributed by atoms with Crippen LogP contribution in [0.2, 0.25) is 0 Å². The van der Waals surface area contributed by atoms with E-state index in [2.05, 4.69) is 41.8 Å². The Balaban J connectivity index is 1.52. The Bertz CT molecular complexity index is 626. The van der Waals surface area contributed by atoms with Crippen LogP contribution in [-0.4, -0.2) is 40.2 Å². The number of piperidine rings is 1. The normalized spacial score (nSPS) is 38.9. The Kier molecular flexibility index (Phi) is 5.52. The second-order valence-corrected chi connectivity index (χ2v) is 12.3. The van der Waals surface area contributed by atoms with Gasteiger partial charge in [-0.1, -0.05) is 22.6 Å². The number of alkyl halides is 1. The van der Waals surface area contributed by atoms with Crippen LogP contribution < -0.4 is 5.32 Å². The van der Waals surface area contributed by atoms with Gasteiger partial charge < -0.3 is 14.8 Å². The number of hydrogen-bond donors (Lipinski definition) is 1. The number of ether oxygens (including phenoxy) is 2. The Labute approximate surface area is 182 Å². The number of rotatable bonds is 5. The van der Waals surface area contributed by atoms with E-state index < -0.39 is 16.6 Å². The summed E-state index contributed by atoms with van der Waals surface area (Å²) in [5.74, 6) is 1.19. The molecule has 4 saturated carbocycles. The maximum Gasteiger partial charge on any atom is 0.319 e. The van der Waals surface area contributed by atoms with Crippen molar-refractivity contribution in [1.82, 2.24) is 5.32 Å². The van der Waals surface area contributed by atoms with E-state index in [4.69, 9.17) is 9.47 Å². The van der Waals surface area contributed by atoms with Crippen LogP contribution in [0.4, 0.5) is 0 Å². The highest BCUT2D eigenvalue weighted by atomic mass is 127. The molecule has 4 aliphatic carbocycles. The quantitative estimate of drug-likeness (QED) is 0.349. The van der Waals surface area contributed by atoms with Gasteiger partial charge in [0.05, 0.1) is 5.41 Å². The SMILES string of the molecule is CC(I)C(=O)OC12CC3CC(C1)CC(C(=O)OC(C)(C)C1CCNCC1)(C3)C2. The average Bonchev–Trinajstić information content (AvgIpc) is 2.60. The summed E-state index contributed by atoms with van der Waals surface area (Å²) < 4.78 is 12.2. The van der Waals surface area contributed by atoms with Gasteiger partial charge in [0.1, 0.15) is 15.1 Å². The Morgan fingerprint density at radius 3 is 2.29 bits per heavy atom. The average molecular weight is 503 g/mol. The summed E-state index contributed by atoms with van der Waals surface area (Å²) in [6.07, 6.45) is 7.58. The molecule has 3 atom stereocenters. The molecule has 5 fully saturated rings. The molecule has 0 aromatic rings. The molecule has 0 radical (unpaired) electrons. The van der Waals surface area contributed by atoms with Gasteiger partial charge in [-0.3, -0.25) is 9.59 Å². The minimum atomic E-state index is -0.455. The van der Waals surface area contributed by atoms with Gasteiger partial charge in [-0.2, -0.15) is 0 Å². The Morgan fingerprint density at radius 1 is 1.11 bits per heavy atom.